The Morgan fingerprint density at radius 3 is 2.75 bits per heavy atom. The Balaban J connectivity index is 1.86. The summed E-state index contributed by atoms with van der Waals surface area (Å²) in [5.41, 5.74) is -1.43. The smallest absolute Gasteiger partial charge is 0.341 e. The largest absolute Gasteiger partial charge is 0.463 e. The first kappa shape index (κ1) is 18.9. The van der Waals surface area contributed by atoms with Gasteiger partial charge >= 0.3 is 11.9 Å². The van der Waals surface area contributed by atoms with Crippen LogP contribution in [0.5, 0.6) is 0 Å². The van der Waals surface area contributed by atoms with Gasteiger partial charge in [0.25, 0.3) is 0 Å². The molecule has 0 aliphatic carbocycles. The Bertz CT molecular complexity index is 514. The molecule has 0 aromatic carbocycles. The maximum Gasteiger partial charge on any atom is 0.341 e. The number of ether oxygens (including phenoxy) is 2. The Morgan fingerprint density at radius 2 is 2.08 bits per heavy atom. The van der Waals surface area contributed by atoms with E-state index in [1.165, 1.54) is 20.3 Å². The number of aliphatic hydroxyl groups is 1. The van der Waals surface area contributed by atoms with Crippen LogP contribution in [0.4, 0.5) is 0 Å². The molecular weight excluding hydrogens is 310 g/mol. The van der Waals surface area contributed by atoms with Gasteiger partial charge in [-0.05, 0) is 60.0 Å². The molecule has 6 heteroatoms. The van der Waals surface area contributed by atoms with Crippen molar-refractivity contribution in [2.75, 3.05) is 19.7 Å². The molecule has 2 rings (SSSR count). The highest BCUT2D eigenvalue weighted by Gasteiger charge is 2.43. The lowest BCUT2D eigenvalue weighted by Gasteiger charge is -2.29. The fraction of sp³-hybridized carbons (Fsp3) is 0.778. The summed E-state index contributed by atoms with van der Waals surface area (Å²) in [5, 5.41) is 10.4. The maximum atomic E-state index is 12.3. The van der Waals surface area contributed by atoms with Crippen molar-refractivity contribution < 1.29 is 24.2 Å². The summed E-state index contributed by atoms with van der Waals surface area (Å²) in [5.74, 6) is -0.955. The molecule has 2 aliphatic rings. The van der Waals surface area contributed by atoms with E-state index in [0.29, 0.717) is 24.1 Å². The van der Waals surface area contributed by atoms with Crippen LogP contribution in [0.25, 0.3) is 0 Å². The van der Waals surface area contributed by atoms with Gasteiger partial charge in [-0.15, -0.1) is 0 Å². The van der Waals surface area contributed by atoms with Crippen molar-refractivity contribution in [3.8, 4) is 0 Å². The monoisotopic (exact) mass is 339 g/mol. The number of esters is 2. The highest BCUT2D eigenvalue weighted by molar-refractivity contribution is 5.88. The molecule has 0 radical (unpaired) electrons. The zero-order chi connectivity index (χ0) is 17.9. The second kappa shape index (κ2) is 7.66. The number of fused-ring (bicyclic) bond motifs is 1. The maximum absolute atomic E-state index is 12.3. The predicted octanol–water partition coefficient (Wildman–Crippen LogP) is 1.66. The lowest BCUT2D eigenvalue weighted by Crippen LogP contribution is -2.49. The first-order valence-electron chi connectivity index (χ1n) is 8.75. The van der Waals surface area contributed by atoms with Crippen molar-refractivity contribution in [1.82, 2.24) is 4.90 Å². The number of nitrogens with zero attached hydrogens (tertiary/aromatic N) is 1. The number of allylic oxidation sites excluding steroid dienone is 1. The van der Waals surface area contributed by atoms with E-state index in [9.17, 15) is 14.7 Å². The summed E-state index contributed by atoms with van der Waals surface area (Å²) in [7, 11) is 0. The third-order valence-electron chi connectivity index (χ3n) is 5.42. The van der Waals surface area contributed by atoms with Gasteiger partial charge in [-0.25, -0.2) is 9.59 Å². The molecule has 0 saturated carbocycles. The average Bonchev–Trinajstić information content (AvgIpc) is 3.15. The molecule has 0 bridgehead atoms. The lowest BCUT2D eigenvalue weighted by atomic mass is 9.98. The molecular formula is C18H29NO5. The van der Waals surface area contributed by atoms with Crippen molar-refractivity contribution in [3.63, 3.8) is 0 Å². The Morgan fingerprint density at radius 1 is 1.38 bits per heavy atom. The van der Waals surface area contributed by atoms with Crippen LogP contribution in [0, 0.1) is 5.92 Å². The minimum atomic E-state index is -1.86. The van der Waals surface area contributed by atoms with Gasteiger partial charge in [0.05, 0.1) is 6.61 Å². The molecule has 0 aromatic heterocycles. The Hall–Kier alpha value is -1.40. The van der Waals surface area contributed by atoms with Crippen molar-refractivity contribution in [3.05, 3.63) is 11.6 Å². The number of carbonyl (C=O) groups is 2. The van der Waals surface area contributed by atoms with E-state index in [-0.39, 0.29) is 0 Å². The average molecular weight is 339 g/mol. The molecule has 136 valence electrons. The molecule has 0 spiro atoms. The third-order valence-corrected chi connectivity index (χ3v) is 5.42. The molecule has 1 N–H and O–H groups in total. The van der Waals surface area contributed by atoms with Crippen LogP contribution in [0.15, 0.2) is 11.6 Å². The summed E-state index contributed by atoms with van der Waals surface area (Å²) in [6, 6.07) is 0.496. The first-order chi connectivity index (χ1) is 11.3. The van der Waals surface area contributed by atoms with Gasteiger partial charge in [0.2, 0.25) is 0 Å². The molecule has 2 fully saturated rings. The molecule has 0 aromatic rings. The second-order valence-corrected chi connectivity index (χ2v) is 7.06. The SMILES string of the molecule is C/C=C(\C)C(=O)OC(C)C(C)(O)C(=O)OCC1CCN2CCCC12. The summed E-state index contributed by atoms with van der Waals surface area (Å²) < 4.78 is 10.5. The van der Waals surface area contributed by atoms with Crippen LogP contribution in [-0.2, 0) is 19.1 Å². The van der Waals surface area contributed by atoms with Crippen LogP contribution in [0.3, 0.4) is 0 Å². The molecule has 2 aliphatic heterocycles. The fourth-order valence-electron chi connectivity index (χ4n) is 3.36. The molecule has 2 saturated heterocycles. The van der Waals surface area contributed by atoms with Crippen molar-refractivity contribution >= 4 is 11.9 Å². The van der Waals surface area contributed by atoms with Crippen molar-refractivity contribution in [2.45, 2.75) is 64.7 Å². The van der Waals surface area contributed by atoms with E-state index >= 15 is 0 Å². The van der Waals surface area contributed by atoms with Crippen LogP contribution in [0.1, 0.15) is 47.0 Å². The van der Waals surface area contributed by atoms with Gasteiger partial charge in [-0.2, -0.15) is 0 Å². The molecule has 4 unspecified atom stereocenters. The zero-order valence-electron chi connectivity index (χ0n) is 15.1. The zero-order valence-corrected chi connectivity index (χ0v) is 15.1. The van der Waals surface area contributed by atoms with Crippen LogP contribution in [0.2, 0.25) is 0 Å². The van der Waals surface area contributed by atoms with Crippen molar-refractivity contribution in [1.29, 1.82) is 0 Å². The van der Waals surface area contributed by atoms with E-state index < -0.39 is 23.6 Å². The number of hydrogen-bond donors (Lipinski definition) is 1. The third kappa shape index (κ3) is 3.98. The lowest BCUT2D eigenvalue weighted by molar-refractivity contribution is -0.183. The van der Waals surface area contributed by atoms with E-state index in [0.717, 1.165) is 25.9 Å². The predicted molar refractivity (Wildman–Crippen MR) is 89.3 cm³/mol. The minimum absolute atomic E-state index is 0.310. The summed E-state index contributed by atoms with van der Waals surface area (Å²) >= 11 is 0. The normalized spacial score (nSPS) is 28.1. The molecule has 6 nitrogen and oxygen atoms in total. The van der Waals surface area contributed by atoms with E-state index in [1.807, 2.05) is 0 Å². The number of hydrogen-bond acceptors (Lipinski definition) is 6. The Kier molecular flexibility index (Phi) is 6.04. The standard InChI is InChI=1S/C18H29NO5/c1-5-12(2)16(20)24-13(3)18(4,22)17(21)23-11-14-8-10-19-9-6-7-15(14)19/h5,13-15,22H,6-11H2,1-4H3/b12-5+. The van der Waals surface area contributed by atoms with E-state index in [1.54, 1.807) is 19.9 Å². The van der Waals surface area contributed by atoms with Gasteiger partial charge in [-0.3, -0.25) is 4.90 Å². The highest BCUT2D eigenvalue weighted by Crippen LogP contribution is 2.33. The quantitative estimate of drug-likeness (QED) is 0.586. The first-order valence-corrected chi connectivity index (χ1v) is 8.75. The van der Waals surface area contributed by atoms with Gasteiger partial charge in [-0.1, -0.05) is 6.08 Å². The van der Waals surface area contributed by atoms with Crippen LogP contribution in [-0.4, -0.2) is 59.4 Å². The molecule has 2 heterocycles. The topological polar surface area (TPSA) is 76.1 Å². The number of carbonyl (C=O) groups excluding carboxylic acids is 2. The summed E-state index contributed by atoms with van der Waals surface area (Å²) in [4.78, 5) is 26.5. The van der Waals surface area contributed by atoms with Gasteiger partial charge in [0.15, 0.2) is 5.60 Å². The molecule has 4 atom stereocenters. The van der Waals surface area contributed by atoms with Gasteiger partial charge in [0.1, 0.15) is 6.10 Å². The van der Waals surface area contributed by atoms with E-state index in [4.69, 9.17) is 9.47 Å². The fourth-order valence-corrected chi connectivity index (χ4v) is 3.36. The van der Waals surface area contributed by atoms with Crippen LogP contribution >= 0.6 is 0 Å². The van der Waals surface area contributed by atoms with Gasteiger partial charge in [0, 0.05) is 17.5 Å². The molecule has 24 heavy (non-hydrogen) atoms. The minimum Gasteiger partial charge on any atom is -0.463 e. The second-order valence-electron chi connectivity index (χ2n) is 7.06. The van der Waals surface area contributed by atoms with Gasteiger partial charge < -0.3 is 14.6 Å². The molecule has 0 amide bonds. The summed E-state index contributed by atoms with van der Waals surface area (Å²) in [6.07, 6.45) is 4.00. The number of rotatable bonds is 6. The van der Waals surface area contributed by atoms with Crippen molar-refractivity contribution in [2.24, 2.45) is 5.92 Å². The van der Waals surface area contributed by atoms with Crippen LogP contribution < -0.4 is 0 Å². The highest BCUT2D eigenvalue weighted by atomic mass is 16.6. The van der Waals surface area contributed by atoms with E-state index in [2.05, 4.69) is 4.90 Å². The Labute approximate surface area is 143 Å². The summed E-state index contributed by atoms with van der Waals surface area (Å²) in [6.45, 7) is 8.66.